The van der Waals surface area contributed by atoms with Crippen LogP contribution in [-0.2, 0) is 9.53 Å². The summed E-state index contributed by atoms with van der Waals surface area (Å²) in [6.07, 6.45) is 2.51. The van der Waals surface area contributed by atoms with Gasteiger partial charge in [0.15, 0.2) is 0 Å². The van der Waals surface area contributed by atoms with Gasteiger partial charge in [-0.15, -0.1) is 0 Å². The molecule has 1 saturated heterocycles. The van der Waals surface area contributed by atoms with Gasteiger partial charge in [0.25, 0.3) is 0 Å². The molecular weight excluding hydrogens is 248 g/mol. The Balaban J connectivity index is 1.97. The summed E-state index contributed by atoms with van der Waals surface area (Å²) in [5.74, 6) is -0.858. The number of nitrogens with zero attached hydrogens (tertiary/aromatic N) is 1. The summed E-state index contributed by atoms with van der Waals surface area (Å²) < 4.78 is 5.49. The molecule has 2 rings (SSSR count). The molecule has 1 aliphatic heterocycles. The van der Waals surface area contributed by atoms with E-state index in [-0.39, 0.29) is 24.6 Å². The van der Waals surface area contributed by atoms with E-state index in [1.54, 1.807) is 4.90 Å². The monoisotopic (exact) mass is 270 g/mol. The number of morpholine rings is 1. The maximum absolute atomic E-state index is 12.3. The highest BCUT2D eigenvalue weighted by Crippen LogP contribution is 2.35. The van der Waals surface area contributed by atoms with E-state index in [1.165, 1.54) is 0 Å². The number of hydrogen-bond acceptors (Lipinski definition) is 3. The van der Waals surface area contributed by atoms with Crippen LogP contribution in [0.2, 0.25) is 0 Å². The second kappa shape index (κ2) is 5.36. The van der Waals surface area contributed by atoms with E-state index >= 15 is 0 Å². The summed E-state index contributed by atoms with van der Waals surface area (Å²) in [7, 11) is 0. The zero-order valence-electron chi connectivity index (χ0n) is 11.5. The third-order valence-corrected chi connectivity index (χ3v) is 4.04. The zero-order valence-corrected chi connectivity index (χ0v) is 11.5. The van der Waals surface area contributed by atoms with Crippen molar-refractivity contribution >= 4 is 12.0 Å². The number of urea groups is 1. The van der Waals surface area contributed by atoms with Crippen LogP contribution in [0.25, 0.3) is 0 Å². The lowest BCUT2D eigenvalue weighted by Gasteiger charge is -2.44. The van der Waals surface area contributed by atoms with Crippen molar-refractivity contribution in [3.8, 4) is 0 Å². The van der Waals surface area contributed by atoms with Crippen LogP contribution in [0.4, 0.5) is 4.79 Å². The largest absolute Gasteiger partial charge is 0.481 e. The number of hydrogen-bond donors (Lipinski definition) is 2. The van der Waals surface area contributed by atoms with Crippen LogP contribution in [0.3, 0.4) is 0 Å². The lowest BCUT2D eigenvalue weighted by atomic mass is 9.74. The van der Waals surface area contributed by atoms with Crippen molar-refractivity contribution in [2.24, 2.45) is 0 Å². The Morgan fingerprint density at radius 2 is 2.11 bits per heavy atom. The molecule has 2 atom stereocenters. The van der Waals surface area contributed by atoms with Crippen molar-refractivity contribution in [1.82, 2.24) is 10.2 Å². The Morgan fingerprint density at radius 3 is 2.63 bits per heavy atom. The molecule has 0 aromatic carbocycles. The molecule has 6 heteroatoms. The minimum absolute atomic E-state index is 0.00696. The topological polar surface area (TPSA) is 78.9 Å². The fraction of sp³-hybridized carbons (Fsp3) is 0.846. The number of amides is 2. The van der Waals surface area contributed by atoms with Crippen molar-refractivity contribution in [2.75, 3.05) is 13.2 Å². The van der Waals surface area contributed by atoms with Crippen LogP contribution in [0, 0.1) is 0 Å². The quantitative estimate of drug-likeness (QED) is 0.807. The molecule has 19 heavy (non-hydrogen) atoms. The Bertz CT molecular complexity index is 368. The molecule has 2 unspecified atom stereocenters. The molecular formula is C13H22N2O4. The average Bonchev–Trinajstić information content (AvgIpc) is 2.28. The first-order valence-corrected chi connectivity index (χ1v) is 6.84. The summed E-state index contributed by atoms with van der Waals surface area (Å²) in [6.45, 7) is 4.95. The third kappa shape index (κ3) is 3.18. The molecule has 0 aromatic heterocycles. The van der Waals surface area contributed by atoms with Gasteiger partial charge in [0.1, 0.15) is 0 Å². The van der Waals surface area contributed by atoms with Crippen molar-refractivity contribution < 1.29 is 19.4 Å². The Kier molecular flexibility index (Phi) is 3.99. The predicted octanol–water partition coefficient (Wildman–Crippen LogP) is 1.20. The molecule has 1 aliphatic carbocycles. The van der Waals surface area contributed by atoms with Gasteiger partial charge in [-0.3, -0.25) is 4.79 Å². The molecule has 108 valence electrons. The third-order valence-electron chi connectivity index (χ3n) is 4.04. The lowest BCUT2D eigenvalue weighted by Crippen LogP contribution is -2.61. The molecule has 0 spiro atoms. The van der Waals surface area contributed by atoms with Crippen molar-refractivity contribution in [3.05, 3.63) is 0 Å². The predicted molar refractivity (Wildman–Crippen MR) is 68.9 cm³/mol. The van der Waals surface area contributed by atoms with Gasteiger partial charge in [-0.2, -0.15) is 0 Å². The molecule has 0 radical (unpaired) electrons. The molecule has 2 N–H and O–H groups in total. The summed E-state index contributed by atoms with van der Waals surface area (Å²) in [5.41, 5.74) is -0.538. The van der Waals surface area contributed by atoms with Gasteiger partial charge in [0.2, 0.25) is 0 Å². The second-order valence-electron chi connectivity index (χ2n) is 5.78. The van der Waals surface area contributed by atoms with E-state index in [2.05, 4.69) is 5.32 Å². The van der Waals surface area contributed by atoms with Crippen molar-refractivity contribution in [3.63, 3.8) is 0 Å². The fourth-order valence-electron chi connectivity index (χ4n) is 2.72. The number of carbonyl (C=O) groups is 2. The standard InChI is InChI=1S/C13H22N2O4/c1-9-8-19-10(2)7-15(9)12(18)14-13(4-3-5-13)6-11(16)17/h9-10H,3-8H2,1-2H3,(H,14,18)(H,16,17). The zero-order chi connectivity index (χ0) is 14.0. The van der Waals surface area contributed by atoms with E-state index in [9.17, 15) is 9.59 Å². The van der Waals surface area contributed by atoms with Crippen LogP contribution >= 0.6 is 0 Å². The number of carboxylic acid groups (broad SMARTS) is 1. The summed E-state index contributed by atoms with van der Waals surface area (Å²) >= 11 is 0. The van der Waals surface area contributed by atoms with E-state index in [1.807, 2.05) is 13.8 Å². The molecule has 1 saturated carbocycles. The molecule has 2 amide bonds. The van der Waals surface area contributed by atoms with Gasteiger partial charge in [0.05, 0.1) is 30.7 Å². The number of ether oxygens (including phenoxy) is 1. The molecule has 1 heterocycles. The smallest absolute Gasteiger partial charge is 0.318 e. The highest BCUT2D eigenvalue weighted by atomic mass is 16.5. The lowest BCUT2D eigenvalue weighted by molar-refractivity contribution is -0.139. The van der Waals surface area contributed by atoms with Gasteiger partial charge < -0.3 is 20.1 Å². The number of carboxylic acids is 1. The van der Waals surface area contributed by atoms with Crippen LogP contribution in [-0.4, -0.2) is 52.8 Å². The first kappa shape index (κ1) is 14.1. The minimum Gasteiger partial charge on any atom is -0.481 e. The number of aliphatic carboxylic acids is 1. The van der Waals surface area contributed by atoms with Crippen LogP contribution in [0.1, 0.15) is 39.5 Å². The highest BCUT2D eigenvalue weighted by Gasteiger charge is 2.42. The summed E-state index contributed by atoms with van der Waals surface area (Å²) in [5, 5.41) is 11.9. The van der Waals surface area contributed by atoms with Crippen LogP contribution < -0.4 is 5.32 Å². The van der Waals surface area contributed by atoms with E-state index < -0.39 is 11.5 Å². The van der Waals surface area contributed by atoms with Crippen molar-refractivity contribution in [2.45, 2.75) is 57.2 Å². The SMILES string of the molecule is CC1CN(C(=O)NC2(CC(=O)O)CCC2)C(C)CO1. The molecule has 0 bridgehead atoms. The van der Waals surface area contributed by atoms with Gasteiger partial charge in [-0.25, -0.2) is 4.79 Å². The number of nitrogens with one attached hydrogen (secondary N) is 1. The van der Waals surface area contributed by atoms with E-state index in [0.29, 0.717) is 13.2 Å². The second-order valence-corrected chi connectivity index (χ2v) is 5.78. The summed E-state index contributed by atoms with van der Waals surface area (Å²) in [6, 6.07) is -0.137. The van der Waals surface area contributed by atoms with Gasteiger partial charge in [-0.05, 0) is 33.1 Å². The number of carbonyl (C=O) groups excluding carboxylic acids is 1. The van der Waals surface area contributed by atoms with Crippen LogP contribution in [0.5, 0.6) is 0 Å². The Hall–Kier alpha value is -1.30. The fourth-order valence-corrected chi connectivity index (χ4v) is 2.72. The van der Waals surface area contributed by atoms with Crippen molar-refractivity contribution in [1.29, 1.82) is 0 Å². The molecule has 2 aliphatic rings. The maximum atomic E-state index is 12.3. The van der Waals surface area contributed by atoms with E-state index in [0.717, 1.165) is 19.3 Å². The van der Waals surface area contributed by atoms with Gasteiger partial charge >= 0.3 is 12.0 Å². The first-order valence-electron chi connectivity index (χ1n) is 6.84. The normalized spacial score (nSPS) is 29.5. The van der Waals surface area contributed by atoms with Crippen LogP contribution in [0.15, 0.2) is 0 Å². The van der Waals surface area contributed by atoms with Gasteiger partial charge in [0, 0.05) is 6.54 Å². The number of rotatable bonds is 3. The highest BCUT2D eigenvalue weighted by molar-refractivity contribution is 5.77. The van der Waals surface area contributed by atoms with E-state index in [4.69, 9.17) is 9.84 Å². The van der Waals surface area contributed by atoms with Gasteiger partial charge in [-0.1, -0.05) is 0 Å². The molecule has 6 nitrogen and oxygen atoms in total. The average molecular weight is 270 g/mol. The Morgan fingerprint density at radius 1 is 1.42 bits per heavy atom. The molecule has 2 fully saturated rings. The summed E-state index contributed by atoms with van der Waals surface area (Å²) in [4.78, 5) is 25.0. The molecule has 0 aromatic rings. The minimum atomic E-state index is -0.858. The maximum Gasteiger partial charge on any atom is 0.318 e. The Labute approximate surface area is 113 Å². The first-order chi connectivity index (χ1) is 8.92.